The molecule has 1 aromatic heterocycles. The SMILES string of the molecule is Cc1cc(Br)cnc1Oc1ccccc1C#N. The van der Waals surface area contributed by atoms with Gasteiger partial charge in [0, 0.05) is 16.2 Å². The van der Waals surface area contributed by atoms with Crippen LogP contribution in [0.1, 0.15) is 11.1 Å². The van der Waals surface area contributed by atoms with Crippen LogP contribution in [0.3, 0.4) is 0 Å². The molecule has 0 fully saturated rings. The van der Waals surface area contributed by atoms with Crippen LogP contribution in [0.4, 0.5) is 0 Å². The van der Waals surface area contributed by atoms with Gasteiger partial charge >= 0.3 is 0 Å². The standard InChI is InChI=1S/C13H9BrN2O/c1-9-6-11(14)8-16-13(9)17-12-5-3-2-4-10(12)7-15/h2-6,8H,1H3. The minimum atomic E-state index is 0.497. The van der Waals surface area contributed by atoms with Gasteiger partial charge in [-0.05, 0) is 41.1 Å². The van der Waals surface area contributed by atoms with Crippen LogP contribution in [0, 0.1) is 18.3 Å². The number of hydrogen-bond donors (Lipinski definition) is 0. The van der Waals surface area contributed by atoms with Crippen molar-refractivity contribution < 1.29 is 4.74 Å². The Morgan fingerprint density at radius 2 is 2.12 bits per heavy atom. The van der Waals surface area contributed by atoms with Gasteiger partial charge in [-0.15, -0.1) is 0 Å². The lowest BCUT2D eigenvalue weighted by atomic mass is 10.2. The number of benzene rings is 1. The molecule has 1 heterocycles. The van der Waals surface area contributed by atoms with Crippen molar-refractivity contribution in [2.75, 3.05) is 0 Å². The highest BCUT2D eigenvalue weighted by Crippen LogP contribution is 2.26. The molecule has 4 heteroatoms. The zero-order chi connectivity index (χ0) is 12.3. The van der Waals surface area contributed by atoms with Crippen molar-refractivity contribution in [2.24, 2.45) is 0 Å². The second-order valence-corrected chi connectivity index (χ2v) is 4.40. The van der Waals surface area contributed by atoms with Crippen LogP contribution in [0.15, 0.2) is 41.0 Å². The van der Waals surface area contributed by atoms with Crippen LogP contribution >= 0.6 is 15.9 Å². The lowest BCUT2D eigenvalue weighted by Crippen LogP contribution is -1.93. The van der Waals surface area contributed by atoms with E-state index in [4.69, 9.17) is 10.00 Å². The third-order valence-electron chi connectivity index (χ3n) is 2.21. The van der Waals surface area contributed by atoms with Gasteiger partial charge in [-0.25, -0.2) is 4.98 Å². The molecule has 0 aliphatic heterocycles. The maximum atomic E-state index is 8.95. The second-order valence-electron chi connectivity index (χ2n) is 3.49. The Kier molecular flexibility index (Phi) is 3.40. The molecule has 1 aromatic carbocycles. The Morgan fingerprint density at radius 1 is 1.35 bits per heavy atom. The molecule has 0 radical (unpaired) electrons. The van der Waals surface area contributed by atoms with E-state index in [0.717, 1.165) is 10.0 Å². The summed E-state index contributed by atoms with van der Waals surface area (Å²) in [6.45, 7) is 1.90. The number of ether oxygens (including phenoxy) is 1. The van der Waals surface area contributed by atoms with Gasteiger partial charge < -0.3 is 4.74 Å². The summed E-state index contributed by atoms with van der Waals surface area (Å²) in [5.74, 6) is 1.03. The lowest BCUT2D eigenvalue weighted by molar-refractivity contribution is 0.457. The summed E-state index contributed by atoms with van der Waals surface area (Å²) in [5.41, 5.74) is 1.41. The van der Waals surface area contributed by atoms with Crippen molar-refractivity contribution in [3.63, 3.8) is 0 Å². The zero-order valence-corrected chi connectivity index (χ0v) is 10.7. The Bertz CT molecular complexity index is 590. The van der Waals surface area contributed by atoms with Crippen LogP contribution in [0.5, 0.6) is 11.6 Å². The molecule has 0 spiro atoms. The van der Waals surface area contributed by atoms with Crippen LogP contribution < -0.4 is 4.74 Å². The van der Waals surface area contributed by atoms with Crippen LogP contribution in [-0.2, 0) is 0 Å². The Labute approximate surface area is 108 Å². The second kappa shape index (κ2) is 4.98. The first kappa shape index (κ1) is 11.6. The third kappa shape index (κ3) is 2.63. The minimum absolute atomic E-state index is 0.497. The number of pyridine rings is 1. The van der Waals surface area contributed by atoms with Gasteiger partial charge in [0.1, 0.15) is 11.8 Å². The van der Waals surface area contributed by atoms with Crippen molar-refractivity contribution in [1.29, 1.82) is 5.26 Å². The van der Waals surface area contributed by atoms with Gasteiger partial charge in [0.2, 0.25) is 5.88 Å². The van der Waals surface area contributed by atoms with Gasteiger partial charge in [0.05, 0.1) is 5.56 Å². The van der Waals surface area contributed by atoms with E-state index < -0.39 is 0 Å². The molecule has 2 aromatic rings. The van der Waals surface area contributed by atoms with E-state index in [2.05, 4.69) is 27.0 Å². The summed E-state index contributed by atoms with van der Waals surface area (Å²) >= 11 is 3.34. The summed E-state index contributed by atoms with van der Waals surface area (Å²) in [4.78, 5) is 4.17. The van der Waals surface area contributed by atoms with Crippen molar-refractivity contribution in [2.45, 2.75) is 6.92 Å². The van der Waals surface area contributed by atoms with E-state index in [1.54, 1.807) is 24.4 Å². The number of para-hydroxylation sites is 1. The number of nitriles is 1. The molecule has 17 heavy (non-hydrogen) atoms. The number of aryl methyl sites for hydroxylation is 1. The van der Waals surface area contributed by atoms with Gasteiger partial charge in [-0.2, -0.15) is 5.26 Å². The van der Waals surface area contributed by atoms with Crippen molar-refractivity contribution in [3.8, 4) is 17.7 Å². The number of rotatable bonds is 2. The van der Waals surface area contributed by atoms with Crippen molar-refractivity contribution in [3.05, 3.63) is 52.1 Å². The fraction of sp³-hybridized carbons (Fsp3) is 0.0769. The van der Waals surface area contributed by atoms with E-state index in [0.29, 0.717) is 17.2 Å². The number of hydrogen-bond acceptors (Lipinski definition) is 3. The lowest BCUT2D eigenvalue weighted by Gasteiger charge is -2.08. The average molecular weight is 289 g/mol. The van der Waals surface area contributed by atoms with E-state index in [1.807, 2.05) is 19.1 Å². The molecule has 0 atom stereocenters. The summed E-state index contributed by atoms with van der Waals surface area (Å²) in [7, 11) is 0. The first-order valence-electron chi connectivity index (χ1n) is 5.00. The fourth-order valence-electron chi connectivity index (χ4n) is 1.39. The molecule has 0 bridgehead atoms. The zero-order valence-electron chi connectivity index (χ0n) is 9.14. The Morgan fingerprint density at radius 3 is 2.82 bits per heavy atom. The van der Waals surface area contributed by atoms with Gasteiger partial charge in [0.25, 0.3) is 0 Å². The molecular formula is C13H9BrN2O. The molecule has 3 nitrogen and oxygen atoms in total. The molecule has 0 saturated carbocycles. The predicted molar refractivity (Wildman–Crippen MR) is 67.9 cm³/mol. The first-order valence-corrected chi connectivity index (χ1v) is 5.79. The minimum Gasteiger partial charge on any atom is -0.437 e. The number of nitrogens with zero attached hydrogens (tertiary/aromatic N) is 2. The van der Waals surface area contributed by atoms with Crippen LogP contribution in [0.25, 0.3) is 0 Å². The molecule has 0 saturated heterocycles. The highest BCUT2D eigenvalue weighted by molar-refractivity contribution is 9.10. The predicted octanol–water partition coefficient (Wildman–Crippen LogP) is 3.82. The van der Waals surface area contributed by atoms with Gasteiger partial charge in [-0.1, -0.05) is 12.1 Å². The number of halogens is 1. The smallest absolute Gasteiger partial charge is 0.222 e. The molecular weight excluding hydrogens is 280 g/mol. The topological polar surface area (TPSA) is 45.9 Å². The maximum absolute atomic E-state index is 8.95. The molecule has 0 N–H and O–H groups in total. The largest absolute Gasteiger partial charge is 0.437 e. The highest BCUT2D eigenvalue weighted by atomic mass is 79.9. The molecule has 84 valence electrons. The van der Waals surface area contributed by atoms with Crippen molar-refractivity contribution >= 4 is 15.9 Å². The molecule has 0 aliphatic rings. The normalized spacial score (nSPS) is 9.71. The summed E-state index contributed by atoms with van der Waals surface area (Å²) in [6, 6.07) is 11.1. The monoisotopic (exact) mass is 288 g/mol. The molecule has 0 amide bonds. The highest BCUT2D eigenvalue weighted by Gasteiger charge is 2.07. The Hall–Kier alpha value is -1.86. The average Bonchev–Trinajstić information content (AvgIpc) is 2.33. The van der Waals surface area contributed by atoms with E-state index >= 15 is 0 Å². The maximum Gasteiger partial charge on any atom is 0.222 e. The summed E-state index contributed by atoms with van der Waals surface area (Å²) < 4.78 is 6.53. The summed E-state index contributed by atoms with van der Waals surface area (Å²) in [5, 5.41) is 8.95. The van der Waals surface area contributed by atoms with E-state index in [1.165, 1.54) is 0 Å². The van der Waals surface area contributed by atoms with Crippen LogP contribution in [0.2, 0.25) is 0 Å². The quantitative estimate of drug-likeness (QED) is 0.844. The van der Waals surface area contributed by atoms with Gasteiger partial charge in [0.15, 0.2) is 0 Å². The van der Waals surface area contributed by atoms with E-state index in [-0.39, 0.29) is 0 Å². The molecule has 0 unspecified atom stereocenters. The molecule has 0 aliphatic carbocycles. The van der Waals surface area contributed by atoms with E-state index in [9.17, 15) is 0 Å². The van der Waals surface area contributed by atoms with Gasteiger partial charge in [-0.3, -0.25) is 0 Å². The summed E-state index contributed by atoms with van der Waals surface area (Å²) in [6.07, 6.45) is 1.66. The third-order valence-corrected chi connectivity index (χ3v) is 2.64. The molecule has 2 rings (SSSR count). The number of aromatic nitrogens is 1. The first-order chi connectivity index (χ1) is 8.20. The van der Waals surface area contributed by atoms with Crippen LogP contribution in [-0.4, -0.2) is 4.98 Å². The fourth-order valence-corrected chi connectivity index (χ4v) is 1.83. The Balaban J connectivity index is 2.35. The van der Waals surface area contributed by atoms with Crippen molar-refractivity contribution in [1.82, 2.24) is 4.98 Å².